The SMILES string of the molecule is CCc1ccc(Nc2cc(CN(C)Cc3ccccc3)nc(N)n2)cc1. The van der Waals surface area contributed by atoms with Gasteiger partial charge in [0.25, 0.3) is 0 Å². The molecule has 0 bridgehead atoms. The molecule has 0 saturated carbocycles. The lowest BCUT2D eigenvalue weighted by molar-refractivity contribution is 0.315. The number of nitrogens with two attached hydrogens (primary N) is 1. The largest absolute Gasteiger partial charge is 0.368 e. The normalized spacial score (nSPS) is 10.9. The highest BCUT2D eigenvalue weighted by Crippen LogP contribution is 2.18. The van der Waals surface area contributed by atoms with Crippen molar-refractivity contribution >= 4 is 17.5 Å². The Morgan fingerprint density at radius 3 is 2.35 bits per heavy atom. The maximum Gasteiger partial charge on any atom is 0.222 e. The van der Waals surface area contributed by atoms with E-state index < -0.39 is 0 Å². The Bertz CT molecular complexity index is 831. The fourth-order valence-corrected chi connectivity index (χ4v) is 2.86. The first-order valence-electron chi connectivity index (χ1n) is 8.84. The summed E-state index contributed by atoms with van der Waals surface area (Å²) in [5.41, 5.74) is 10.4. The molecule has 0 radical (unpaired) electrons. The second-order valence-electron chi connectivity index (χ2n) is 6.44. The summed E-state index contributed by atoms with van der Waals surface area (Å²) in [6.45, 7) is 3.70. The Hall–Kier alpha value is -2.92. The summed E-state index contributed by atoms with van der Waals surface area (Å²) in [6, 6.07) is 20.7. The van der Waals surface area contributed by atoms with Gasteiger partial charge in [0.05, 0.1) is 5.69 Å². The summed E-state index contributed by atoms with van der Waals surface area (Å²) >= 11 is 0. The van der Waals surface area contributed by atoms with Crippen LogP contribution >= 0.6 is 0 Å². The van der Waals surface area contributed by atoms with E-state index >= 15 is 0 Å². The second kappa shape index (κ2) is 8.45. The molecule has 0 spiro atoms. The number of nitrogen functional groups attached to an aromatic ring is 1. The molecule has 26 heavy (non-hydrogen) atoms. The number of aryl methyl sites for hydroxylation is 1. The third-order valence-corrected chi connectivity index (χ3v) is 4.16. The van der Waals surface area contributed by atoms with Gasteiger partial charge in [-0.15, -0.1) is 0 Å². The molecule has 3 N–H and O–H groups in total. The molecule has 0 fully saturated rings. The molecule has 1 aromatic heterocycles. The quantitative estimate of drug-likeness (QED) is 0.676. The molecule has 5 heteroatoms. The zero-order valence-corrected chi connectivity index (χ0v) is 15.3. The van der Waals surface area contributed by atoms with Gasteiger partial charge in [0.2, 0.25) is 5.95 Å². The predicted molar refractivity (Wildman–Crippen MR) is 107 cm³/mol. The zero-order valence-electron chi connectivity index (χ0n) is 15.3. The third-order valence-electron chi connectivity index (χ3n) is 4.16. The van der Waals surface area contributed by atoms with Crippen molar-refractivity contribution in [1.82, 2.24) is 14.9 Å². The van der Waals surface area contributed by atoms with E-state index in [-0.39, 0.29) is 5.95 Å². The number of nitrogens with zero attached hydrogens (tertiary/aromatic N) is 3. The Kier molecular flexibility index (Phi) is 5.81. The van der Waals surface area contributed by atoms with Gasteiger partial charge in [-0.1, -0.05) is 49.4 Å². The molecular weight excluding hydrogens is 322 g/mol. The molecule has 0 saturated heterocycles. The summed E-state index contributed by atoms with van der Waals surface area (Å²) in [7, 11) is 2.07. The molecule has 0 amide bonds. The molecular formula is C21H25N5. The number of anilines is 3. The molecule has 0 aliphatic rings. The third kappa shape index (κ3) is 5.04. The molecule has 0 atom stereocenters. The van der Waals surface area contributed by atoms with Crippen LogP contribution in [-0.4, -0.2) is 21.9 Å². The smallest absolute Gasteiger partial charge is 0.222 e. The van der Waals surface area contributed by atoms with E-state index in [1.165, 1.54) is 11.1 Å². The fraction of sp³-hybridized carbons (Fsp3) is 0.238. The first kappa shape index (κ1) is 17.9. The van der Waals surface area contributed by atoms with Crippen LogP contribution in [0.1, 0.15) is 23.7 Å². The van der Waals surface area contributed by atoms with Crippen LogP contribution in [-0.2, 0) is 19.5 Å². The van der Waals surface area contributed by atoms with Crippen molar-refractivity contribution in [3.63, 3.8) is 0 Å². The number of aromatic nitrogens is 2. The van der Waals surface area contributed by atoms with Gasteiger partial charge in [-0.2, -0.15) is 4.98 Å². The molecule has 134 valence electrons. The van der Waals surface area contributed by atoms with Crippen molar-refractivity contribution in [3.8, 4) is 0 Å². The number of hydrogen-bond acceptors (Lipinski definition) is 5. The average Bonchev–Trinajstić information content (AvgIpc) is 2.62. The van der Waals surface area contributed by atoms with Crippen LogP contribution < -0.4 is 11.1 Å². The molecule has 0 aliphatic carbocycles. The van der Waals surface area contributed by atoms with Crippen molar-refractivity contribution in [3.05, 3.63) is 77.5 Å². The summed E-state index contributed by atoms with van der Waals surface area (Å²) in [6.07, 6.45) is 1.03. The highest BCUT2D eigenvalue weighted by Gasteiger charge is 2.07. The van der Waals surface area contributed by atoms with Gasteiger partial charge in [-0.05, 0) is 36.7 Å². The minimum Gasteiger partial charge on any atom is -0.368 e. The Morgan fingerprint density at radius 1 is 0.923 bits per heavy atom. The van der Waals surface area contributed by atoms with Crippen LogP contribution in [0.5, 0.6) is 0 Å². The van der Waals surface area contributed by atoms with Gasteiger partial charge < -0.3 is 11.1 Å². The van der Waals surface area contributed by atoms with E-state index in [0.717, 1.165) is 24.3 Å². The topological polar surface area (TPSA) is 67.1 Å². The molecule has 3 aromatic rings. The van der Waals surface area contributed by atoms with Crippen molar-refractivity contribution in [2.45, 2.75) is 26.4 Å². The van der Waals surface area contributed by atoms with Crippen molar-refractivity contribution in [2.24, 2.45) is 0 Å². The Morgan fingerprint density at radius 2 is 1.65 bits per heavy atom. The summed E-state index contributed by atoms with van der Waals surface area (Å²) in [5.74, 6) is 0.994. The lowest BCUT2D eigenvalue weighted by Crippen LogP contribution is -2.18. The van der Waals surface area contributed by atoms with Gasteiger partial charge in [0.1, 0.15) is 5.82 Å². The maximum absolute atomic E-state index is 5.91. The van der Waals surface area contributed by atoms with Crippen LogP contribution in [0.3, 0.4) is 0 Å². The summed E-state index contributed by atoms with van der Waals surface area (Å²) in [4.78, 5) is 10.9. The lowest BCUT2D eigenvalue weighted by Gasteiger charge is -2.17. The first-order valence-corrected chi connectivity index (χ1v) is 8.84. The summed E-state index contributed by atoms with van der Waals surface area (Å²) in [5, 5.41) is 3.31. The highest BCUT2D eigenvalue weighted by atomic mass is 15.1. The minimum atomic E-state index is 0.281. The monoisotopic (exact) mass is 347 g/mol. The maximum atomic E-state index is 5.91. The van der Waals surface area contributed by atoms with Gasteiger partial charge in [0.15, 0.2) is 0 Å². The fourth-order valence-electron chi connectivity index (χ4n) is 2.86. The van der Waals surface area contributed by atoms with E-state index in [0.29, 0.717) is 12.4 Å². The average molecular weight is 347 g/mol. The number of hydrogen-bond donors (Lipinski definition) is 2. The van der Waals surface area contributed by atoms with Crippen LogP contribution in [0, 0.1) is 0 Å². The summed E-state index contributed by atoms with van der Waals surface area (Å²) < 4.78 is 0. The van der Waals surface area contributed by atoms with E-state index in [2.05, 4.69) is 82.7 Å². The molecule has 2 aromatic carbocycles. The van der Waals surface area contributed by atoms with Crippen LogP contribution in [0.25, 0.3) is 0 Å². The number of rotatable bonds is 7. The minimum absolute atomic E-state index is 0.281. The zero-order chi connectivity index (χ0) is 18.4. The molecule has 1 heterocycles. The lowest BCUT2D eigenvalue weighted by atomic mass is 10.1. The highest BCUT2D eigenvalue weighted by molar-refractivity contribution is 5.57. The van der Waals surface area contributed by atoms with Gasteiger partial charge in [0, 0.05) is 24.8 Å². The van der Waals surface area contributed by atoms with Crippen molar-refractivity contribution < 1.29 is 0 Å². The molecule has 3 rings (SSSR count). The molecule has 5 nitrogen and oxygen atoms in total. The first-order chi connectivity index (χ1) is 12.6. The van der Waals surface area contributed by atoms with Crippen LogP contribution in [0.2, 0.25) is 0 Å². The van der Waals surface area contributed by atoms with Gasteiger partial charge in [-0.25, -0.2) is 4.98 Å². The van der Waals surface area contributed by atoms with Gasteiger partial charge >= 0.3 is 0 Å². The van der Waals surface area contributed by atoms with E-state index in [1.807, 2.05) is 12.1 Å². The molecule has 0 aliphatic heterocycles. The Labute approximate surface area is 154 Å². The van der Waals surface area contributed by atoms with Crippen molar-refractivity contribution in [2.75, 3.05) is 18.1 Å². The second-order valence-corrected chi connectivity index (χ2v) is 6.44. The van der Waals surface area contributed by atoms with Gasteiger partial charge in [-0.3, -0.25) is 4.90 Å². The number of nitrogens with one attached hydrogen (secondary N) is 1. The van der Waals surface area contributed by atoms with Crippen LogP contribution in [0.15, 0.2) is 60.7 Å². The molecule has 0 unspecified atom stereocenters. The van der Waals surface area contributed by atoms with Crippen LogP contribution in [0.4, 0.5) is 17.5 Å². The van der Waals surface area contributed by atoms with E-state index in [1.54, 1.807) is 0 Å². The standard InChI is InChI=1S/C21H25N5/c1-3-16-9-11-18(12-10-16)23-20-13-19(24-21(22)25-20)15-26(2)14-17-7-5-4-6-8-17/h4-13H,3,14-15H2,1-2H3,(H3,22,23,24,25). The van der Waals surface area contributed by atoms with E-state index in [4.69, 9.17) is 5.73 Å². The predicted octanol–water partition coefficient (Wildman–Crippen LogP) is 4.00. The number of benzene rings is 2. The van der Waals surface area contributed by atoms with Crippen molar-refractivity contribution in [1.29, 1.82) is 0 Å². The van der Waals surface area contributed by atoms with E-state index in [9.17, 15) is 0 Å². The Balaban J connectivity index is 1.68.